The average Bonchev–Trinajstić information content (AvgIpc) is 2.65. The van der Waals surface area contributed by atoms with E-state index in [1.807, 2.05) is 0 Å². The van der Waals surface area contributed by atoms with Crippen LogP contribution in [0.5, 0.6) is 0 Å². The maximum Gasteiger partial charge on any atom is 0.177 e. The lowest BCUT2D eigenvalue weighted by molar-refractivity contribution is 0.407. The first-order valence-electron chi connectivity index (χ1n) is 4.10. The number of hydrogen-bond donors (Lipinski definition) is 0. The Labute approximate surface area is 83.3 Å². The Balaban J connectivity index is 2.86. The van der Waals surface area contributed by atoms with Gasteiger partial charge in [-0.05, 0) is 12.8 Å². The highest BCUT2D eigenvalue weighted by Gasteiger charge is 2.47. The Morgan fingerprint density at radius 2 is 1.38 bits per heavy atom. The minimum atomic E-state index is -1.52. The predicted octanol–water partition coefficient (Wildman–Crippen LogP) is 0.877. The van der Waals surface area contributed by atoms with E-state index in [0.29, 0.717) is 12.8 Å². The van der Waals surface area contributed by atoms with Crippen LogP contribution in [0.4, 0.5) is 0 Å². The predicted molar refractivity (Wildman–Crippen MR) is 51.5 cm³/mol. The maximum absolute atomic E-state index is 11.6. The summed E-state index contributed by atoms with van der Waals surface area (Å²) < 4.78 is 31.8. The van der Waals surface area contributed by atoms with Crippen molar-refractivity contribution in [2.24, 2.45) is 0 Å². The standard InChI is InChI=1S/C7H14O4S2/c1-10-12(8)7(13(9)11-2)5-3-4-6-7/h3-6H2,1-2H3. The highest BCUT2D eigenvalue weighted by atomic mass is 32.3. The molecule has 0 N–H and O–H groups in total. The summed E-state index contributed by atoms with van der Waals surface area (Å²) >= 11 is -3.03. The van der Waals surface area contributed by atoms with Gasteiger partial charge < -0.3 is 0 Å². The molecule has 0 aliphatic heterocycles. The molecule has 1 saturated carbocycles. The normalized spacial score (nSPS) is 25.7. The van der Waals surface area contributed by atoms with E-state index in [1.165, 1.54) is 14.2 Å². The fourth-order valence-electron chi connectivity index (χ4n) is 1.61. The summed E-state index contributed by atoms with van der Waals surface area (Å²) in [5.74, 6) is 0. The first kappa shape index (κ1) is 11.3. The van der Waals surface area contributed by atoms with Crippen molar-refractivity contribution in [1.29, 1.82) is 0 Å². The van der Waals surface area contributed by atoms with E-state index in [-0.39, 0.29) is 0 Å². The van der Waals surface area contributed by atoms with Crippen LogP contribution in [0.2, 0.25) is 0 Å². The van der Waals surface area contributed by atoms with Crippen LogP contribution in [0.1, 0.15) is 25.7 Å². The van der Waals surface area contributed by atoms with Gasteiger partial charge in [0.2, 0.25) is 0 Å². The van der Waals surface area contributed by atoms with Gasteiger partial charge in [-0.2, -0.15) is 0 Å². The topological polar surface area (TPSA) is 52.6 Å². The van der Waals surface area contributed by atoms with Crippen molar-refractivity contribution in [3.63, 3.8) is 0 Å². The molecule has 0 saturated heterocycles. The lowest BCUT2D eigenvalue weighted by Gasteiger charge is -2.23. The van der Waals surface area contributed by atoms with Gasteiger partial charge in [-0.1, -0.05) is 12.8 Å². The average molecular weight is 226 g/mol. The van der Waals surface area contributed by atoms with Crippen LogP contribution in [0, 0.1) is 0 Å². The third-order valence-electron chi connectivity index (χ3n) is 2.28. The highest BCUT2D eigenvalue weighted by Crippen LogP contribution is 2.38. The summed E-state index contributed by atoms with van der Waals surface area (Å²) in [6.45, 7) is 0. The molecule has 0 spiro atoms. The van der Waals surface area contributed by atoms with Crippen molar-refractivity contribution in [2.75, 3.05) is 14.2 Å². The molecule has 2 unspecified atom stereocenters. The molecule has 2 atom stereocenters. The molecule has 6 heteroatoms. The molecule has 1 aliphatic carbocycles. The van der Waals surface area contributed by atoms with E-state index in [9.17, 15) is 8.42 Å². The van der Waals surface area contributed by atoms with Gasteiger partial charge in [-0.3, -0.25) is 8.37 Å². The van der Waals surface area contributed by atoms with Gasteiger partial charge in [0.1, 0.15) is 0 Å². The molecule has 13 heavy (non-hydrogen) atoms. The maximum atomic E-state index is 11.6. The van der Waals surface area contributed by atoms with Crippen molar-refractivity contribution in [2.45, 2.75) is 29.8 Å². The van der Waals surface area contributed by atoms with Gasteiger partial charge in [0.25, 0.3) is 0 Å². The van der Waals surface area contributed by atoms with Gasteiger partial charge in [0.15, 0.2) is 26.2 Å². The van der Waals surface area contributed by atoms with Gasteiger partial charge in [-0.15, -0.1) is 0 Å². The first-order chi connectivity index (χ1) is 6.17. The minimum absolute atomic E-state index is 0.647. The molecule has 1 aliphatic rings. The second-order valence-corrected chi connectivity index (χ2v) is 6.35. The smallest absolute Gasteiger partial charge is 0.177 e. The molecular weight excluding hydrogens is 212 g/mol. The van der Waals surface area contributed by atoms with Crippen molar-refractivity contribution >= 4 is 22.2 Å². The molecule has 1 fully saturated rings. The Bertz CT molecular complexity index is 205. The van der Waals surface area contributed by atoms with Crippen LogP contribution in [0.15, 0.2) is 0 Å². The molecule has 0 heterocycles. The Hall–Kier alpha value is 0.220. The highest BCUT2D eigenvalue weighted by molar-refractivity contribution is 8.00. The lowest BCUT2D eigenvalue weighted by Crippen LogP contribution is -2.37. The number of hydrogen-bond acceptors (Lipinski definition) is 4. The summed E-state index contributed by atoms with van der Waals surface area (Å²) in [5.41, 5.74) is 0. The molecule has 78 valence electrons. The van der Waals surface area contributed by atoms with Crippen LogP contribution in [-0.4, -0.2) is 26.7 Å². The van der Waals surface area contributed by atoms with Crippen molar-refractivity contribution in [3.05, 3.63) is 0 Å². The van der Waals surface area contributed by atoms with Crippen LogP contribution < -0.4 is 0 Å². The molecule has 0 amide bonds. The number of rotatable bonds is 4. The van der Waals surface area contributed by atoms with E-state index >= 15 is 0 Å². The Morgan fingerprint density at radius 1 is 1.00 bits per heavy atom. The Morgan fingerprint density at radius 3 is 1.69 bits per heavy atom. The van der Waals surface area contributed by atoms with Crippen LogP contribution in [-0.2, 0) is 30.5 Å². The zero-order valence-electron chi connectivity index (χ0n) is 7.78. The first-order valence-corrected chi connectivity index (χ1v) is 6.25. The Kier molecular flexibility index (Phi) is 4.03. The second kappa shape index (κ2) is 4.63. The van der Waals surface area contributed by atoms with Gasteiger partial charge in [-0.25, -0.2) is 8.42 Å². The molecule has 1 rings (SSSR count). The summed E-state index contributed by atoms with van der Waals surface area (Å²) in [5, 5.41) is 0. The van der Waals surface area contributed by atoms with E-state index in [2.05, 4.69) is 0 Å². The van der Waals surface area contributed by atoms with Crippen molar-refractivity contribution in [3.8, 4) is 0 Å². The second-order valence-electron chi connectivity index (χ2n) is 2.92. The zero-order chi connectivity index (χ0) is 9.90. The third-order valence-corrected chi connectivity index (χ3v) is 5.73. The lowest BCUT2D eigenvalue weighted by atomic mass is 10.4. The van der Waals surface area contributed by atoms with Crippen LogP contribution in [0.25, 0.3) is 0 Å². The summed E-state index contributed by atoms with van der Waals surface area (Å²) in [7, 11) is 2.73. The van der Waals surface area contributed by atoms with Crippen LogP contribution >= 0.6 is 0 Å². The largest absolute Gasteiger partial charge is 0.293 e. The van der Waals surface area contributed by atoms with E-state index in [0.717, 1.165) is 12.8 Å². The quantitative estimate of drug-likeness (QED) is 0.714. The molecule has 0 aromatic rings. The van der Waals surface area contributed by atoms with Crippen molar-refractivity contribution in [1.82, 2.24) is 0 Å². The third kappa shape index (κ3) is 2.01. The van der Waals surface area contributed by atoms with E-state index in [4.69, 9.17) is 8.37 Å². The van der Waals surface area contributed by atoms with Gasteiger partial charge in [0, 0.05) is 0 Å². The molecule has 0 aromatic carbocycles. The zero-order valence-corrected chi connectivity index (χ0v) is 9.41. The van der Waals surface area contributed by atoms with E-state index < -0.39 is 26.2 Å². The van der Waals surface area contributed by atoms with Gasteiger partial charge in [0.05, 0.1) is 14.2 Å². The monoisotopic (exact) mass is 226 g/mol. The molecular formula is C7H14O4S2. The SMILES string of the molecule is COS(=O)C1(S(=O)OC)CCCC1. The molecule has 0 bridgehead atoms. The summed E-state index contributed by atoms with van der Waals surface area (Å²) in [6, 6.07) is 0. The molecule has 0 aromatic heterocycles. The van der Waals surface area contributed by atoms with Gasteiger partial charge >= 0.3 is 0 Å². The summed E-state index contributed by atoms with van der Waals surface area (Å²) in [6.07, 6.45) is 3.16. The van der Waals surface area contributed by atoms with Crippen LogP contribution in [0.3, 0.4) is 0 Å². The fourth-order valence-corrected chi connectivity index (χ4v) is 4.31. The van der Waals surface area contributed by atoms with Crippen molar-refractivity contribution < 1.29 is 16.8 Å². The molecule has 0 radical (unpaired) electrons. The fraction of sp³-hybridized carbons (Fsp3) is 1.00. The summed E-state index contributed by atoms with van der Waals surface area (Å²) in [4.78, 5) is 0. The molecule has 4 nitrogen and oxygen atoms in total. The minimum Gasteiger partial charge on any atom is -0.293 e. The van der Waals surface area contributed by atoms with E-state index in [1.54, 1.807) is 0 Å².